The van der Waals surface area contributed by atoms with Crippen LogP contribution in [0.1, 0.15) is 29.2 Å². The Morgan fingerprint density at radius 3 is 2.31 bits per heavy atom. The van der Waals surface area contributed by atoms with Crippen molar-refractivity contribution in [3.63, 3.8) is 0 Å². The minimum absolute atomic E-state index is 0.142. The Labute approximate surface area is 175 Å². The Morgan fingerprint density at radius 1 is 1.00 bits per heavy atom. The van der Waals surface area contributed by atoms with E-state index in [1.807, 2.05) is 36.4 Å². The van der Waals surface area contributed by atoms with Crippen LogP contribution in [0, 0.1) is 0 Å². The van der Waals surface area contributed by atoms with Crippen molar-refractivity contribution in [2.75, 3.05) is 5.01 Å². The number of hydrogen-bond donors (Lipinski definition) is 2. The van der Waals surface area contributed by atoms with E-state index in [-0.39, 0.29) is 11.2 Å². The van der Waals surface area contributed by atoms with E-state index in [1.54, 1.807) is 6.21 Å². The van der Waals surface area contributed by atoms with Gasteiger partial charge in [0.15, 0.2) is 5.11 Å². The molecule has 0 radical (unpaired) electrons. The number of nitrogens with two attached hydrogens (primary N) is 1. The lowest BCUT2D eigenvalue weighted by Gasteiger charge is -2.24. The van der Waals surface area contributed by atoms with E-state index in [2.05, 4.69) is 64.1 Å². The molecule has 1 aliphatic heterocycles. The smallest absolute Gasteiger partial charge is 0.184 e. The molecular formula is C23H21N5S. The predicted molar refractivity (Wildman–Crippen MR) is 123 cm³/mol. The summed E-state index contributed by atoms with van der Waals surface area (Å²) < 4.78 is 0. The fraction of sp³-hybridized carbons (Fsp3) is 0.0870. The van der Waals surface area contributed by atoms with Gasteiger partial charge < -0.3 is 5.73 Å². The van der Waals surface area contributed by atoms with Gasteiger partial charge in [-0.2, -0.15) is 10.2 Å². The van der Waals surface area contributed by atoms with E-state index in [0.717, 1.165) is 28.9 Å². The maximum atomic E-state index is 5.38. The first-order chi connectivity index (χ1) is 14.2. The van der Waals surface area contributed by atoms with Crippen LogP contribution in [0.3, 0.4) is 0 Å². The highest BCUT2D eigenvalue weighted by atomic mass is 32.1. The molecule has 0 unspecified atom stereocenters. The number of nitrogens with one attached hydrogen (secondary N) is 1. The third-order valence-electron chi connectivity index (χ3n) is 4.75. The Morgan fingerprint density at radius 2 is 1.66 bits per heavy atom. The van der Waals surface area contributed by atoms with Crippen LogP contribution < -0.4 is 16.2 Å². The monoisotopic (exact) mass is 399 g/mol. The summed E-state index contributed by atoms with van der Waals surface area (Å²) in [6, 6.07) is 29.1. The van der Waals surface area contributed by atoms with Gasteiger partial charge in [0.1, 0.15) is 0 Å². The molecule has 3 aromatic rings. The van der Waals surface area contributed by atoms with Gasteiger partial charge in [0, 0.05) is 6.42 Å². The van der Waals surface area contributed by atoms with Crippen molar-refractivity contribution in [3.05, 3.63) is 102 Å². The lowest BCUT2D eigenvalue weighted by Crippen LogP contribution is -2.24. The second kappa shape index (κ2) is 8.67. The zero-order chi connectivity index (χ0) is 20.1. The molecule has 1 heterocycles. The van der Waals surface area contributed by atoms with E-state index in [0.29, 0.717) is 0 Å². The van der Waals surface area contributed by atoms with Crippen LogP contribution in [0.2, 0.25) is 0 Å². The molecular weight excluding hydrogens is 378 g/mol. The summed E-state index contributed by atoms with van der Waals surface area (Å²) in [6.07, 6.45) is 2.54. The third-order valence-corrected chi connectivity index (χ3v) is 4.84. The number of benzene rings is 3. The van der Waals surface area contributed by atoms with E-state index in [9.17, 15) is 0 Å². The Kier molecular flexibility index (Phi) is 5.63. The highest BCUT2D eigenvalue weighted by Crippen LogP contribution is 2.36. The molecule has 144 valence electrons. The molecule has 1 atom stereocenters. The van der Waals surface area contributed by atoms with Crippen LogP contribution in [0.5, 0.6) is 0 Å². The number of nitrogens with zero attached hydrogens (tertiary/aromatic N) is 3. The minimum atomic E-state index is 0.142. The van der Waals surface area contributed by atoms with Gasteiger partial charge in [0.05, 0.1) is 23.7 Å². The molecule has 3 N–H and O–H groups in total. The Bertz CT molecular complexity index is 1030. The van der Waals surface area contributed by atoms with Gasteiger partial charge in [0.25, 0.3) is 0 Å². The predicted octanol–water partition coefficient (Wildman–Crippen LogP) is 4.21. The van der Waals surface area contributed by atoms with E-state index in [1.165, 1.54) is 5.56 Å². The molecule has 3 aromatic carbocycles. The van der Waals surface area contributed by atoms with Gasteiger partial charge in [-0.15, -0.1) is 0 Å². The van der Waals surface area contributed by atoms with Gasteiger partial charge in [0.2, 0.25) is 0 Å². The average molecular weight is 400 g/mol. The Hall–Kier alpha value is -3.51. The minimum Gasteiger partial charge on any atom is -0.375 e. The number of hydrogen-bond acceptors (Lipinski definition) is 4. The third kappa shape index (κ3) is 4.50. The lowest BCUT2D eigenvalue weighted by molar-refractivity contribution is 0.709. The van der Waals surface area contributed by atoms with Crippen molar-refractivity contribution < 1.29 is 0 Å². The molecule has 0 saturated carbocycles. The van der Waals surface area contributed by atoms with Crippen LogP contribution in [0.25, 0.3) is 0 Å². The van der Waals surface area contributed by atoms with Gasteiger partial charge in [-0.3, -0.25) is 10.4 Å². The van der Waals surface area contributed by atoms with Crippen LogP contribution in [0.4, 0.5) is 5.69 Å². The second-order valence-electron chi connectivity index (χ2n) is 6.71. The maximum Gasteiger partial charge on any atom is 0.184 e. The zero-order valence-corrected chi connectivity index (χ0v) is 16.6. The lowest BCUT2D eigenvalue weighted by atomic mass is 9.98. The van der Waals surface area contributed by atoms with Gasteiger partial charge >= 0.3 is 0 Å². The van der Waals surface area contributed by atoms with Crippen molar-refractivity contribution in [3.8, 4) is 0 Å². The maximum absolute atomic E-state index is 5.38. The van der Waals surface area contributed by atoms with Crippen LogP contribution >= 0.6 is 12.2 Å². The van der Waals surface area contributed by atoms with Crippen molar-refractivity contribution >= 4 is 34.9 Å². The molecule has 5 nitrogen and oxygen atoms in total. The molecule has 4 rings (SSSR count). The second-order valence-corrected chi connectivity index (χ2v) is 7.15. The molecule has 1 aliphatic rings. The molecule has 6 heteroatoms. The van der Waals surface area contributed by atoms with Crippen molar-refractivity contribution in [2.45, 2.75) is 12.5 Å². The molecule has 0 amide bonds. The van der Waals surface area contributed by atoms with E-state index >= 15 is 0 Å². The largest absolute Gasteiger partial charge is 0.375 e. The van der Waals surface area contributed by atoms with Crippen molar-refractivity contribution in [2.24, 2.45) is 15.9 Å². The van der Waals surface area contributed by atoms with E-state index < -0.39 is 0 Å². The van der Waals surface area contributed by atoms with Crippen LogP contribution in [-0.4, -0.2) is 17.0 Å². The molecule has 29 heavy (non-hydrogen) atoms. The molecule has 0 aromatic heterocycles. The summed E-state index contributed by atoms with van der Waals surface area (Å²) in [7, 11) is 0. The normalized spacial score (nSPS) is 16.1. The summed E-state index contributed by atoms with van der Waals surface area (Å²) in [5.74, 6) is 0. The van der Waals surface area contributed by atoms with E-state index in [4.69, 9.17) is 23.1 Å². The fourth-order valence-corrected chi connectivity index (χ4v) is 3.42. The highest BCUT2D eigenvalue weighted by molar-refractivity contribution is 7.80. The molecule has 0 spiro atoms. The first-order valence-electron chi connectivity index (χ1n) is 9.36. The summed E-state index contributed by atoms with van der Waals surface area (Å²) in [4.78, 5) is 0. The quantitative estimate of drug-likeness (QED) is 0.383. The number of rotatable bonds is 5. The first-order valence-corrected chi connectivity index (χ1v) is 9.77. The first kappa shape index (κ1) is 18.8. The summed E-state index contributed by atoms with van der Waals surface area (Å²) in [6.45, 7) is 0. The molecule has 0 saturated heterocycles. The number of anilines is 1. The average Bonchev–Trinajstić information content (AvgIpc) is 3.21. The van der Waals surface area contributed by atoms with Gasteiger partial charge in [-0.25, -0.2) is 0 Å². The van der Waals surface area contributed by atoms with Crippen molar-refractivity contribution in [1.82, 2.24) is 5.43 Å². The standard InChI is InChI=1S/C23H21N5S/c24-23(29)26-25-16-17-11-13-20(14-12-17)28-22(19-9-5-2-6-10-19)15-21(27-28)18-7-3-1-4-8-18/h1-14,16,22H,15H2,(H3,24,26,29)/b25-16-/t22-/m0/s1. The van der Waals surface area contributed by atoms with Crippen LogP contribution in [-0.2, 0) is 0 Å². The SMILES string of the molecule is NC(=S)N/N=C\c1ccc(N2N=C(c3ccccc3)C[C@H]2c2ccccc2)cc1. The highest BCUT2D eigenvalue weighted by Gasteiger charge is 2.29. The summed E-state index contributed by atoms with van der Waals surface area (Å²) in [5.41, 5.74) is 13.4. The van der Waals surface area contributed by atoms with Gasteiger partial charge in [-0.1, -0.05) is 72.8 Å². The fourth-order valence-electron chi connectivity index (χ4n) is 3.37. The number of thiocarbonyl (C=S) groups is 1. The molecule has 0 fully saturated rings. The van der Waals surface area contributed by atoms with Gasteiger partial charge in [-0.05, 0) is 41.0 Å². The topological polar surface area (TPSA) is 66.0 Å². The molecule has 0 bridgehead atoms. The summed E-state index contributed by atoms with van der Waals surface area (Å²) in [5, 5.41) is 11.2. The van der Waals surface area contributed by atoms with Crippen LogP contribution in [0.15, 0.2) is 95.1 Å². The number of hydrazone groups is 2. The zero-order valence-electron chi connectivity index (χ0n) is 15.8. The summed E-state index contributed by atoms with van der Waals surface area (Å²) >= 11 is 4.75. The molecule has 0 aliphatic carbocycles. The van der Waals surface area contributed by atoms with Crippen molar-refractivity contribution in [1.29, 1.82) is 0 Å². The Balaban J connectivity index is 1.63.